The van der Waals surface area contributed by atoms with Gasteiger partial charge in [0.15, 0.2) is 0 Å². The zero-order chi connectivity index (χ0) is 12.3. The normalized spacial score (nSPS) is 10.5. The van der Waals surface area contributed by atoms with Crippen molar-refractivity contribution in [2.24, 2.45) is 0 Å². The Morgan fingerprint density at radius 2 is 1.53 bits per heavy atom. The molecule has 88 valence electrons. The molecule has 0 aromatic heterocycles. The van der Waals surface area contributed by atoms with Crippen LogP contribution in [0.5, 0.6) is 0 Å². The summed E-state index contributed by atoms with van der Waals surface area (Å²) in [6.07, 6.45) is 0. The minimum atomic E-state index is -0.231. The Morgan fingerprint density at radius 3 is 2.12 bits per heavy atom. The van der Waals surface area contributed by atoms with Gasteiger partial charge in [-0.15, -0.1) is 11.8 Å². The molecule has 17 heavy (non-hydrogen) atoms. The lowest BCUT2D eigenvalue weighted by atomic mass is 10.2. The summed E-state index contributed by atoms with van der Waals surface area (Å²) in [4.78, 5) is 0.988. The molecule has 0 nitrogen and oxygen atoms in total. The first-order valence-electron chi connectivity index (χ1n) is 4.98. The molecule has 0 atom stereocenters. The van der Waals surface area contributed by atoms with Crippen molar-refractivity contribution in [2.45, 2.75) is 10.6 Å². The third-order valence-corrected chi connectivity index (χ3v) is 4.01. The maximum Gasteiger partial charge on any atom is 0.123 e. The highest BCUT2D eigenvalue weighted by Crippen LogP contribution is 2.31. The van der Waals surface area contributed by atoms with E-state index in [2.05, 4.69) is 0 Å². The maximum atomic E-state index is 12.7. The van der Waals surface area contributed by atoms with Crippen molar-refractivity contribution in [3.05, 3.63) is 63.9 Å². The molecule has 0 N–H and O–H groups in total. The van der Waals surface area contributed by atoms with Gasteiger partial charge in [0.05, 0.1) is 0 Å². The summed E-state index contributed by atoms with van der Waals surface area (Å²) in [5, 5.41) is 1.32. The van der Waals surface area contributed by atoms with Gasteiger partial charge < -0.3 is 0 Å². The molecule has 0 unspecified atom stereocenters. The summed E-state index contributed by atoms with van der Waals surface area (Å²) in [7, 11) is 0. The van der Waals surface area contributed by atoms with E-state index in [4.69, 9.17) is 23.2 Å². The van der Waals surface area contributed by atoms with Crippen molar-refractivity contribution >= 4 is 35.0 Å². The molecule has 0 aliphatic carbocycles. The molecule has 0 amide bonds. The Labute approximate surface area is 114 Å². The van der Waals surface area contributed by atoms with Crippen molar-refractivity contribution in [3.8, 4) is 0 Å². The van der Waals surface area contributed by atoms with E-state index in [-0.39, 0.29) is 5.82 Å². The van der Waals surface area contributed by atoms with Crippen LogP contribution in [0.25, 0.3) is 0 Å². The van der Waals surface area contributed by atoms with Crippen LogP contribution in [0.1, 0.15) is 5.56 Å². The van der Waals surface area contributed by atoms with Crippen molar-refractivity contribution in [1.29, 1.82) is 0 Å². The van der Waals surface area contributed by atoms with Crippen molar-refractivity contribution in [2.75, 3.05) is 0 Å². The van der Waals surface area contributed by atoms with E-state index in [1.807, 2.05) is 18.2 Å². The van der Waals surface area contributed by atoms with Crippen molar-refractivity contribution < 1.29 is 4.39 Å². The second-order valence-corrected chi connectivity index (χ2v) is 5.31. The molecule has 0 aliphatic rings. The third-order valence-electron chi connectivity index (χ3n) is 2.26. The van der Waals surface area contributed by atoms with Crippen LogP contribution >= 0.6 is 35.0 Å². The van der Waals surface area contributed by atoms with Gasteiger partial charge in [-0.25, -0.2) is 4.39 Å². The highest BCUT2D eigenvalue weighted by Gasteiger charge is 2.05. The molecular weight excluding hydrogens is 278 g/mol. The molecule has 0 saturated heterocycles. The van der Waals surface area contributed by atoms with Crippen LogP contribution in [0.3, 0.4) is 0 Å². The SMILES string of the molecule is Fc1ccc(SCc2c(Cl)cccc2Cl)cc1. The van der Waals surface area contributed by atoms with Gasteiger partial charge in [-0.1, -0.05) is 29.3 Å². The second kappa shape index (κ2) is 5.76. The van der Waals surface area contributed by atoms with Crippen LogP contribution in [0, 0.1) is 5.82 Å². The monoisotopic (exact) mass is 286 g/mol. The number of thioether (sulfide) groups is 1. The Kier molecular flexibility index (Phi) is 4.32. The highest BCUT2D eigenvalue weighted by atomic mass is 35.5. The number of hydrogen-bond acceptors (Lipinski definition) is 1. The lowest BCUT2D eigenvalue weighted by molar-refractivity contribution is 0.626. The van der Waals surface area contributed by atoms with Crippen LogP contribution in [0.2, 0.25) is 10.0 Å². The maximum absolute atomic E-state index is 12.7. The van der Waals surface area contributed by atoms with Crippen LogP contribution < -0.4 is 0 Å². The predicted molar refractivity (Wildman–Crippen MR) is 72.4 cm³/mol. The number of rotatable bonds is 3. The summed E-state index contributed by atoms with van der Waals surface area (Å²) < 4.78 is 12.7. The Morgan fingerprint density at radius 1 is 0.941 bits per heavy atom. The van der Waals surface area contributed by atoms with Gasteiger partial charge in [0.1, 0.15) is 5.82 Å². The highest BCUT2D eigenvalue weighted by molar-refractivity contribution is 7.98. The standard InChI is InChI=1S/C13H9Cl2FS/c14-12-2-1-3-13(15)11(12)8-17-10-6-4-9(16)5-7-10/h1-7H,8H2. The molecular formula is C13H9Cl2FS. The molecule has 0 spiro atoms. The van der Waals surface area contributed by atoms with Gasteiger partial charge in [0, 0.05) is 20.7 Å². The summed E-state index contributed by atoms with van der Waals surface area (Å²) in [5.41, 5.74) is 0.908. The van der Waals surface area contributed by atoms with E-state index in [0.29, 0.717) is 15.8 Å². The number of hydrogen-bond donors (Lipinski definition) is 0. The topological polar surface area (TPSA) is 0 Å². The first-order valence-corrected chi connectivity index (χ1v) is 6.72. The molecule has 0 saturated carbocycles. The van der Waals surface area contributed by atoms with E-state index >= 15 is 0 Å². The molecule has 0 aliphatic heterocycles. The fourth-order valence-corrected chi connectivity index (χ4v) is 3.00. The lowest BCUT2D eigenvalue weighted by Gasteiger charge is -2.06. The zero-order valence-electron chi connectivity index (χ0n) is 8.79. The molecule has 4 heteroatoms. The molecule has 0 radical (unpaired) electrons. The Bertz CT molecular complexity index is 491. The predicted octanol–water partition coefficient (Wildman–Crippen LogP) is 5.42. The number of benzene rings is 2. The fraction of sp³-hybridized carbons (Fsp3) is 0.0769. The average molecular weight is 287 g/mol. The van der Waals surface area contributed by atoms with Crippen LogP contribution in [0.4, 0.5) is 4.39 Å². The zero-order valence-corrected chi connectivity index (χ0v) is 11.1. The first kappa shape index (κ1) is 12.7. The fourth-order valence-electron chi connectivity index (χ4n) is 1.36. The molecule has 0 bridgehead atoms. The van der Waals surface area contributed by atoms with Gasteiger partial charge in [0.25, 0.3) is 0 Å². The van der Waals surface area contributed by atoms with E-state index in [1.54, 1.807) is 23.9 Å². The quantitative estimate of drug-likeness (QED) is 0.679. The minimum Gasteiger partial charge on any atom is -0.207 e. The summed E-state index contributed by atoms with van der Waals surface area (Å²) in [6.45, 7) is 0. The second-order valence-electron chi connectivity index (χ2n) is 3.44. The van der Waals surface area contributed by atoms with Gasteiger partial charge in [-0.2, -0.15) is 0 Å². The van der Waals surface area contributed by atoms with Crippen molar-refractivity contribution in [1.82, 2.24) is 0 Å². The first-order chi connectivity index (χ1) is 8.16. The average Bonchev–Trinajstić information content (AvgIpc) is 2.31. The molecule has 0 heterocycles. The van der Waals surface area contributed by atoms with Gasteiger partial charge in [-0.05, 0) is 42.0 Å². The summed E-state index contributed by atoms with van der Waals surface area (Å²) in [5.74, 6) is 0.439. The molecule has 2 aromatic rings. The molecule has 2 rings (SSSR count). The number of halogens is 3. The summed E-state index contributed by atoms with van der Waals surface area (Å²) in [6, 6.07) is 11.8. The Hall–Kier alpha value is -0.700. The van der Waals surface area contributed by atoms with E-state index in [1.165, 1.54) is 12.1 Å². The van der Waals surface area contributed by atoms with Crippen LogP contribution in [-0.2, 0) is 5.75 Å². The van der Waals surface area contributed by atoms with Gasteiger partial charge in [-0.3, -0.25) is 0 Å². The van der Waals surface area contributed by atoms with Crippen LogP contribution in [0.15, 0.2) is 47.4 Å². The molecule has 0 fully saturated rings. The van der Waals surface area contributed by atoms with E-state index in [0.717, 1.165) is 10.5 Å². The van der Waals surface area contributed by atoms with E-state index < -0.39 is 0 Å². The smallest absolute Gasteiger partial charge is 0.123 e. The van der Waals surface area contributed by atoms with Gasteiger partial charge in [0.2, 0.25) is 0 Å². The van der Waals surface area contributed by atoms with Crippen LogP contribution in [-0.4, -0.2) is 0 Å². The molecule has 2 aromatic carbocycles. The van der Waals surface area contributed by atoms with Gasteiger partial charge >= 0.3 is 0 Å². The third kappa shape index (κ3) is 3.38. The lowest BCUT2D eigenvalue weighted by Crippen LogP contribution is -1.84. The minimum absolute atomic E-state index is 0.231. The van der Waals surface area contributed by atoms with Crippen molar-refractivity contribution in [3.63, 3.8) is 0 Å². The largest absolute Gasteiger partial charge is 0.207 e. The Balaban J connectivity index is 2.10. The van der Waals surface area contributed by atoms with E-state index in [9.17, 15) is 4.39 Å². The summed E-state index contributed by atoms with van der Waals surface area (Å²) >= 11 is 13.7.